The predicted octanol–water partition coefficient (Wildman–Crippen LogP) is 2.71. The Labute approximate surface area is 149 Å². The number of carbonyl (C=O) groups is 2. The van der Waals surface area contributed by atoms with E-state index in [1.54, 1.807) is 11.5 Å². The van der Waals surface area contributed by atoms with E-state index in [9.17, 15) is 14.4 Å². The fourth-order valence-corrected chi connectivity index (χ4v) is 3.94. The highest BCUT2D eigenvalue weighted by molar-refractivity contribution is 6.04. The van der Waals surface area contributed by atoms with E-state index < -0.39 is 5.97 Å². The van der Waals surface area contributed by atoms with Crippen molar-refractivity contribution in [1.29, 1.82) is 0 Å². The molecule has 0 unspecified atom stereocenters. The number of fused-ring (bicyclic) bond motifs is 5. The molecule has 1 aliphatic rings. The van der Waals surface area contributed by atoms with Crippen molar-refractivity contribution in [3.8, 4) is 11.4 Å². The molecule has 0 saturated carbocycles. The van der Waals surface area contributed by atoms with E-state index in [1.807, 2.05) is 24.3 Å². The highest BCUT2D eigenvalue weighted by Crippen LogP contribution is 2.36. The van der Waals surface area contributed by atoms with Crippen molar-refractivity contribution in [2.45, 2.75) is 26.3 Å². The largest absolute Gasteiger partial charge is 0.465 e. The smallest absolute Gasteiger partial charge is 0.339 e. The van der Waals surface area contributed by atoms with Crippen LogP contribution in [0.3, 0.4) is 0 Å². The maximum absolute atomic E-state index is 13.0. The van der Waals surface area contributed by atoms with Gasteiger partial charge in [-0.3, -0.25) is 9.59 Å². The first-order valence-electron chi connectivity index (χ1n) is 8.55. The molecule has 132 valence electrons. The fourth-order valence-electron chi connectivity index (χ4n) is 3.94. The van der Waals surface area contributed by atoms with Gasteiger partial charge in [0.05, 0.1) is 29.6 Å². The number of para-hydroxylation sites is 1. The van der Waals surface area contributed by atoms with Gasteiger partial charge in [0.2, 0.25) is 0 Å². The Balaban J connectivity index is 2.16. The van der Waals surface area contributed by atoms with Gasteiger partial charge in [0.15, 0.2) is 6.29 Å². The topological polar surface area (TPSA) is 81.2 Å². The summed E-state index contributed by atoms with van der Waals surface area (Å²) in [6.45, 7) is 2.26. The van der Waals surface area contributed by atoms with Gasteiger partial charge in [-0.1, -0.05) is 25.1 Å². The van der Waals surface area contributed by atoms with Gasteiger partial charge < -0.3 is 14.3 Å². The second-order valence-electron chi connectivity index (χ2n) is 6.31. The highest BCUT2D eigenvalue weighted by atomic mass is 16.5. The Morgan fingerprint density at radius 3 is 2.81 bits per heavy atom. The summed E-state index contributed by atoms with van der Waals surface area (Å²) in [5.74, 6) is -0.660. The van der Waals surface area contributed by atoms with Gasteiger partial charge in [0, 0.05) is 23.0 Å². The first kappa shape index (κ1) is 16.3. The zero-order valence-corrected chi connectivity index (χ0v) is 14.6. The van der Waals surface area contributed by atoms with E-state index in [1.165, 1.54) is 7.11 Å². The molecule has 2 aromatic heterocycles. The molecule has 0 radical (unpaired) electrons. The number of ether oxygens (including phenoxy) is 1. The monoisotopic (exact) mass is 350 g/mol. The van der Waals surface area contributed by atoms with Crippen LogP contribution >= 0.6 is 0 Å². The minimum Gasteiger partial charge on any atom is -0.465 e. The molecule has 0 aliphatic carbocycles. The van der Waals surface area contributed by atoms with Gasteiger partial charge in [-0.05, 0) is 24.5 Å². The molecule has 0 atom stereocenters. The second kappa shape index (κ2) is 5.98. The van der Waals surface area contributed by atoms with Crippen LogP contribution in [0.1, 0.15) is 38.8 Å². The number of aldehydes is 1. The van der Waals surface area contributed by atoms with Crippen LogP contribution in [0.25, 0.3) is 22.3 Å². The van der Waals surface area contributed by atoms with Crippen LogP contribution in [-0.4, -0.2) is 28.9 Å². The summed E-state index contributed by atoms with van der Waals surface area (Å²) in [4.78, 5) is 40.7. The number of hydrogen-bond donors (Lipinski definition) is 1. The van der Waals surface area contributed by atoms with Crippen molar-refractivity contribution in [2.75, 3.05) is 7.11 Å². The van der Waals surface area contributed by atoms with Crippen molar-refractivity contribution >= 4 is 23.2 Å². The van der Waals surface area contributed by atoms with Crippen molar-refractivity contribution in [2.24, 2.45) is 0 Å². The average molecular weight is 350 g/mol. The van der Waals surface area contributed by atoms with E-state index in [4.69, 9.17) is 4.74 Å². The summed E-state index contributed by atoms with van der Waals surface area (Å²) in [7, 11) is 1.25. The summed E-state index contributed by atoms with van der Waals surface area (Å²) in [6, 6.07) is 7.86. The van der Waals surface area contributed by atoms with Crippen molar-refractivity contribution < 1.29 is 14.3 Å². The maximum atomic E-state index is 13.0. The molecule has 0 fully saturated rings. The lowest BCUT2D eigenvalue weighted by Crippen LogP contribution is -2.33. The first-order valence-corrected chi connectivity index (χ1v) is 8.55. The van der Waals surface area contributed by atoms with E-state index in [0.717, 1.165) is 22.2 Å². The van der Waals surface area contributed by atoms with E-state index in [-0.39, 0.29) is 16.7 Å². The molecule has 0 bridgehead atoms. The Bertz CT molecular complexity index is 1120. The van der Waals surface area contributed by atoms with Gasteiger partial charge in [0.1, 0.15) is 0 Å². The fraction of sp³-hybridized carbons (Fsp3) is 0.250. The van der Waals surface area contributed by atoms with Crippen LogP contribution in [0, 0.1) is 0 Å². The standard InChI is InChI=1S/C20H18N2O4/c1-3-11-16(20(25)26-2)14(10-23)18-17-13(8-9-22(18)19(11)24)12-6-4-5-7-15(12)21-17/h4-7,10,21H,3,8-9H2,1-2H3. The molecule has 4 rings (SSSR count). The van der Waals surface area contributed by atoms with Gasteiger partial charge in [-0.2, -0.15) is 0 Å². The minimum atomic E-state index is -0.660. The highest BCUT2D eigenvalue weighted by Gasteiger charge is 2.30. The zero-order valence-electron chi connectivity index (χ0n) is 14.6. The van der Waals surface area contributed by atoms with Crippen LogP contribution in [-0.2, 0) is 24.1 Å². The third-order valence-corrected chi connectivity index (χ3v) is 5.10. The summed E-state index contributed by atoms with van der Waals surface area (Å²) in [5.41, 5.74) is 3.57. The van der Waals surface area contributed by atoms with Gasteiger partial charge >= 0.3 is 5.97 Å². The molecule has 0 saturated heterocycles. The van der Waals surface area contributed by atoms with E-state index in [2.05, 4.69) is 4.98 Å². The molecule has 1 N–H and O–H groups in total. The van der Waals surface area contributed by atoms with Crippen LogP contribution in [0.5, 0.6) is 0 Å². The van der Waals surface area contributed by atoms with Crippen molar-refractivity contribution in [1.82, 2.24) is 9.55 Å². The Kier molecular flexibility index (Phi) is 3.76. The van der Waals surface area contributed by atoms with Crippen LogP contribution in [0.15, 0.2) is 29.1 Å². The van der Waals surface area contributed by atoms with Crippen molar-refractivity contribution in [3.05, 3.63) is 56.9 Å². The number of aromatic nitrogens is 2. The van der Waals surface area contributed by atoms with Gasteiger partial charge in [-0.15, -0.1) is 0 Å². The van der Waals surface area contributed by atoms with Crippen LogP contribution < -0.4 is 5.56 Å². The molecular weight excluding hydrogens is 332 g/mol. The lowest BCUT2D eigenvalue weighted by molar-refractivity contribution is 0.0596. The second-order valence-corrected chi connectivity index (χ2v) is 6.31. The Morgan fingerprint density at radius 2 is 2.12 bits per heavy atom. The summed E-state index contributed by atoms with van der Waals surface area (Å²) in [5, 5.41) is 1.07. The number of methoxy groups -OCH3 is 1. The molecule has 3 heterocycles. The number of pyridine rings is 1. The SMILES string of the molecule is CCc1c(C(=O)OC)c(C=O)c2n(c1=O)CCc1c-2[nH]c2ccccc12. The number of esters is 1. The molecule has 6 heteroatoms. The Morgan fingerprint density at radius 1 is 1.35 bits per heavy atom. The minimum absolute atomic E-state index is 0.0766. The number of rotatable bonds is 3. The number of nitrogens with zero attached hydrogens (tertiary/aromatic N) is 1. The lowest BCUT2D eigenvalue weighted by atomic mass is 9.93. The quantitative estimate of drug-likeness (QED) is 0.582. The maximum Gasteiger partial charge on any atom is 0.339 e. The molecule has 1 aliphatic heterocycles. The number of H-pyrrole nitrogens is 1. The van der Waals surface area contributed by atoms with Crippen LogP contribution in [0.2, 0.25) is 0 Å². The average Bonchev–Trinajstić information content (AvgIpc) is 3.06. The van der Waals surface area contributed by atoms with E-state index in [0.29, 0.717) is 36.9 Å². The summed E-state index contributed by atoms with van der Waals surface area (Å²) >= 11 is 0. The first-order chi connectivity index (χ1) is 12.6. The normalized spacial score (nSPS) is 12.5. The number of hydrogen-bond acceptors (Lipinski definition) is 4. The molecule has 0 spiro atoms. The number of carbonyl (C=O) groups excluding carboxylic acids is 2. The Hall–Kier alpha value is -3.15. The lowest BCUT2D eigenvalue weighted by Gasteiger charge is -2.23. The predicted molar refractivity (Wildman–Crippen MR) is 97.8 cm³/mol. The van der Waals surface area contributed by atoms with E-state index >= 15 is 0 Å². The molecular formula is C20H18N2O4. The number of aromatic amines is 1. The molecule has 26 heavy (non-hydrogen) atoms. The summed E-state index contributed by atoms with van der Waals surface area (Å²) < 4.78 is 6.46. The number of aryl methyl sites for hydroxylation is 1. The third-order valence-electron chi connectivity index (χ3n) is 5.10. The third kappa shape index (κ3) is 2.08. The summed E-state index contributed by atoms with van der Waals surface area (Å²) in [6.07, 6.45) is 1.69. The number of benzene rings is 1. The van der Waals surface area contributed by atoms with Crippen LogP contribution in [0.4, 0.5) is 0 Å². The zero-order chi connectivity index (χ0) is 18.4. The van der Waals surface area contributed by atoms with Gasteiger partial charge in [-0.25, -0.2) is 4.79 Å². The van der Waals surface area contributed by atoms with Crippen molar-refractivity contribution in [3.63, 3.8) is 0 Å². The molecule has 1 aromatic carbocycles. The molecule has 6 nitrogen and oxygen atoms in total. The molecule has 3 aromatic rings. The number of nitrogens with one attached hydrogen (secondary N) is 1. The molecule has 0 amide bonds. The van der Waals surface area contributed by atoms with Gasteiger partial charge in [0.25, 0.3) is 5.56 Å².